The molecule has 1 saturated carbocycles. The molecular formula is C13H13BrN2O2. The Morgan fingerprint density at radius 3 is 2.33 bits per heavy atom. The minimum Gasteiger partial charge on any atom is -0.399 e. The van der Waals surface area contributed by atoms with Crippen LogP contribution in [0.4, 0.5) is 11.4 Å². The number of carbonyl (C=O) groups is 2. The van der Waals surface area contributed by atoms with E-state index in [0.717, 1.165) is 19.3 Å². The van der Waals surface area contributed by atoms with E-state index in [0.29, 0.717) is 15.8 Å². The number of rotatable bonds is 1. The van der Waals surface area contributed by atoms with Gasteiger partial charge in [-0.3, -0.25) is 9.59 Å². The highest BCUT2D eigenvalue weighted by Crippen LogP contribution is 2.43. The van der Waals surface area contributed by atoms with E-state index in [-0.39, 0.29) is 23.7 Å². The van der Waals surface area contributed by atoms with Crippen LogP contribution in [0.3, 0.4) is 0 Å². The Morgan fingerprint density at radius 2 is 1.78 bits per heavy atom. The van der Waals surface area contributed by atoms with Crippen LogP contribution in [0, 0.1) is 11.8 Å². The van der Waals surface area contributed by atoms with Crippen molar-refractivity contribution in [2.75, 3.05) is 10.6 Å². The summed E-state index contributed by atoms with van der Waals surface area (Å²) < 4.78 is 0.684. The van der Waals surface area contributed by atoms with Crippen molar-refractivity contribution in [3.8, 4) is 0 Å². The summed E-state index contributed by atoms with van der Waals surface area (Å²) in [5.74, 6) is -0.343. The van der Waals surface area contributed by atoms with Crippen molar-refractivity contribution in [2.45, 2.75) is 19.3 Å². The fraction of sp³-hybridized carbons (Fsp3) is 0.385. The third kappa shape index (κ3) is 1.57. The van der Waals surface area contributed by atoms with Gasteiger partial charge in [0.1, 0.15) is 0 Å². The lowest BCUT2D eigenvalue weighted by Gasteiger charge is -2.17. The van der Waals surface area contributed by atoms with Crippen LogP contribution in [-0.2, 0) is 9.59 Å². The molecule has 1 saturated heterocycles. The van der Waals surface area contributed by atoms with E-state index >= 15 is 0 Å². The van der Waals surface area contributed by atoms with Crippen LogP contribution in [0.25, 0.3) is 0 Å². The number of imide groups is 1. The van der Waals surface area contributed by atoms with Crippen molar-refractivity contribution in [3.05, 3.63) is 22.7 Å². The molecular weight excluding hydrogens is 296 g/mol. The molecule has 5 heteroatoms. The van der Waals surface area contributed by atoms with Gasteiger partial charge in [-0.15, -0.1) is 0 Å². The molecule has 2 unspecified atom stereocenters. The van der Waals surface area contributed by atoms with Crippen molar-refractivity contribution in [2.24, 2.45) is 11.8 Å². The molecule has 3 rings (SSSR count). The second-order valence-corrected chi connectivity index (χ2v) is 5.72. The number of hydrogen-bond acceptors (Lipinski definition) is 3. The molecule has 0 aromatic heterocycles. The number of nitrogen functional groups attached to an aromatic ring is 1. The Labute approximate surface area is 113 Å². The Balaban J connectivity index is 2.02. The first-order valence-corrected chi connectivity index (χ1v) is 6.81. The monoisotopic (exact) mass is 308 g/mol. The van der Waals surface area contributed by atoms with Crippen molar-refractivity contribution in [1.82, 2.24) is 0 Å². The average molecular weight is 309 g/mol. The van der Waals surface area contributed by atoms with Crippen LogP contribution in [-0.4, -0.2) is 11.8 Å². The summed E-state index contributed by atoms with van der Waals surface area (Å²) in [6, 6.07) is 5.13. The van der Waals surface area contributed by atoms with E-state index in [9.17, 15) is 9.59 Å². The first-order valence-electron chi connectivity index (χ1n) is 6.02. The summed E-state index contributed by atoms with van der Waals surface area (Å²) in [6.45, 7) is 0. The molecule has 1 aliphatic carbocycles. The van der Waals surface area contributed by atoms with Gasteiger partial charge >= 0.3 is 0 Å². The van der Waals surface area contributed by atoms with Crippen LogP contribution >= 0.6 is 15.9 Å². The number of hydrogen-bond donors (Lipinski definition) is 1. The third-order valence-electron chi connectivity index (χ3n) is 3.80. The molecule has 1 aromatic carbocycles. The average Bonchev–Trinajstić information content (AvgIpc) is 2.87. The molecule has 1 aromatic rings. The smallest absolute Gasteiger partial charge is 0.237 e. The van der Waals surface area contributed by atoms with Gasteiger partial charge in [0.25, 0.3) is 0 Å². The zero-order chi connectivity index (χ0) is 12.9. The number of carbonyl (C=O) groups excluding carboxylic acids is 2. The van der Waals surface area contributed by atoms with Gasteiger partial charge in [0, 0.05) is 10.2 Å². The molecule has 4 nitrogen and oxygen atoms in total. The van der Waals surface area contributed by atoms with Gasteiger partial charge < -0.3 is 5.73 Å². The lowest BCUT2D eigenvalue weighted by molar-refractivity contribution is -0.122. The molecule has 18 heavy (non-hydrogen) atoms. The fourth-order valence-corrected chi connectivity index (χ4v) is 3.51. The molecule has 2 fully saturated rings. The SMILES string of the molecule is Nc1ccc(N2C(=O)C3CCCC3C2=O)c(Br)c1. The Bertz CT molecular complexity index is 522. The maximum absolute atomic E-state index is 12.3. The maximum Gasteiger partial charge on any atom is 0.237 e. The number of nitrogens with two attached hydrogens (primary N) is 1. The molecule has 2 N–H and O–H groups in total. The lowest BCUT2D eigenvalue weighted by Crippen LogP contribution is -2.31. The van der Waals surface area contributed by atoms with E-state index in [1.165, 1.54) is 4.90 Å². The normalized spacial score (nSPS) is 26.8. The maximum atomic E-state index is 12.3. The minimum absolute atomic E-state index is 0.0621. The van der Waals surface area contributed by atoms with Gasteiger partial charge in [-0.25, -0.2) is 4.90 Å². The number of anilines is 2. The Morgan fingerprint density at radius 1 is 1.17 bits per heavy atom. The molecule has 0 spiro atoms. The van der Waals surface area contributed by atoms with Crippen molar-refractivity contribution in [3.63, 3.8) is 0 Å². The highest BCUT2D eigenvalue weighted by Gasteiger charge is 2.50. The van der Waals surface area contributed by atoms with E-state index in [1.54, 1.807) is 18.2 Å². The van der Waals surface area contributed by atoms with E-state index in [1.807, 2.05) is 0 Å². The molecule has 2 atom stereocenters. The van der Waals surface area contributed by atoms with Crippen LogP contribution < -0.4 is 10.6 Å². The second kappa shape index (κ2) is 4.09. The van der Waals surface area contributed by atoms with Crippen molar-refractivity contribution in [1.29, 1.82) is 0 Å². The minimum atomic E-state index is -0.109. The van der Waals surface area contributed by atoms with Gasteiger partial charge in [-0.2, -0.15) is 0 Å². The number of halogens is 1. The zero-order valence-electron chi connectivity index (χ0n) is 9.73. The largest absolute Gasteiger partial charge is 0.399 e. The third-order valence-corrected chi connectivity index (χ3v) is 4.44. The molecule has 0 radical (unpaired) electrons. The summed E-state index contributed by atoms with van der Waals surface area (Å²) >= 11 is 3.37. The topological polar surface area (TPSA) is 63.4 Å². The molecule has 2 aliphatic rings. The quantitative estimate of drug-likeness (QED) is 0.639. The number of fused-ring (bicyclic) bond motifs is 1. The number of benzene rings is 1. The first kappa shape index (κ1) is 11.7. The van der Waals surface area contributed by atoms with Crippen LogP contribution in [0.1, 0.15) is 19.3 Å². The lowest BCUT2D eigenvalue weighted by atomic mass is 10.00. The van der Waals surface area contributed by atoms with Gasteiger partial charge in [0.15, 0.2) is 0 Å². The molecule has 1 aliphatic heterocycles. The van der Waals surface area contributed by atoms with Gasteiger partial charge in [0.2, 0.25) is 11.8 Å². The van der Waals surface area contributed by atoms with E-state index in [2.05, 4.69) is 15.9 Å². The first-order chi connectivity index (χ1) is 8.59. The molecule has 94 valence electrons. The Hall–Kier alpha value is -1.36. The predicted molar refractivity (Wildman–Crippen MR) is 71.9 cm³/mol. The van der Waals surface area contributed by atoms with Crippen molar-refractivity contribution < 1.29 is 9.59 Å². The zero-order valence-corrected chi connectivity index (χ0v) is 11.3. The number of amides is 2. The van der Waals surface area contributed by atoms with Gasteiger partial charge in [-0.05, 0) is 47.0 Å². The van der Waals surface area contributed by atoms with Crippen LogP contribution in [0.2, 0.25) is 0 Å². The summed E-state index contributed by atoms with van der Waals surface area (Å²) in [6.07, 6.45) is 2.64. The molecule has 2 amide bonds. The summed E-state index contributed by atoms with van der Waals surface area (Å²) in [5.41, 5.74) is 6.88. The van der Waals surface area contributed by atoms with E-state index < -0.39 is 0 Å². The fourth-order valence-electron chi connectivity index (χ4n) is 2.93. The Kier molecular flexibility index (Phi) is 2.66. The van der Waals surface area contributed by atoms with Crippen molar-refractivity contribution >= 4 is 39.1 Å². The van der Waals surface area contributed by atoms with Gasteiger partial charge in [-0.1, -0.05) is 6.42 Å². The van der Waals surface area contributed by atoms with Crippen LogP contribution in [0.5, 0.6) is 0 Å². The van der Waals surface area contributed by atoms with E-state index in [4.69, 9.17) is 5.73 Å². The number of nitrogens with zero attached hydrogens (tertiary/aromatic N) is 1. The second-order valence-electron chi connectivity index (χ2n) is 4.87. The summed E-state index contributed by atoms with van der Waals surface area (Å²) in [4.78, 5) is 25.9. The highest BCUT2D eigenvalue weighted by molar-refractivity contribution is 9.10. The van der Waals surface area contributed by atoms with Gasteiger partial charge in [0.05, 0.1) is 17.5 Å². The van der Waals surface area contributed by atoms with Crippen LogP contribution in [0.15, 0.2) is 22.7 Å². The standard InChI is InChI=1S/C13H13BrN2O2/c14-10-6-7(15)4-5-11(10)16-12(17)8-2-1-3-9(8)13(16)18/h4-6,8-9H,1-3,15H2. The summed E-state index contributed by atoms with van der Waals surface area (Å²) in [7, 11) is 0. The molecule has 0 bridgehead atoms. The molecule has 1 heterocycles. The highest BCUT2D eigenvalue weighted by atomic mass is 79.9. The predicted octanol–water partition coefficient (Wildman–Crippen LogP) is 2.32. The summed E-state index contributed by atoms with van der Waals surface area (Å²) in [5, 5.41) is 0.